The molecule has 7 nitrogen and oxygen atoms in total. The molecule has 0 spiro atoms. The molecule has 3 aromatic rings. The Labute approximate surface area is 157 Å². The summed E-state index contributed by atoms with van der Waals surface area (Å²) in [6, 6.07) is 8.08. The van der Waals surface area contributed by atoms with Crippen molar-refractivity contribution in [3.63, 3.8) is 0 Å². The molecule has 3 rings (SSSR count). The maximum absolute atomic E-state index is 12.1. The van der Waals surface area contributed by atoms with E-state index in [2.05, 4.69) is 31.8 Å². The zero-order valence-corrected chi connectivity index (χ0v) is 16.3. The molecular formula is C15H16N6OS3. The van der Waals surface area contributed by atoms with Gasteiger partial charge < -0.3 is 4.57 Å². The van der Waals surface area contributed by atoms with Gasteiger partial charge in [-0.15, -0.1) is 20.4 Å². The first-order valence-electron chi connectivity index (χ1n) is 7.33. The largest absolute Gasteiger partial charge is 0.305 e. The van der Waals surface area contributed by atoms with Gasteiger partial charge in [0.05, 0.1) is 5.75 Å². The second-order valence-corrected chi connectivity index (χ2v) is 8.12. The lowest BCUT2D eigenvalue weighted by Crippen LogP contribution is -2.14. The van der Waals surface area contributed by atoms with E-state index in [1.54, 1.807) is 0 Å². The van der Waals surface area contributed by atoms with Crippen LogP contribution in [0.4, 0.5) is 5.13 Å². The van der Waals surface area contributed by atoms with Gasteiger partial charge in [0.25, 0.3) is 0 Å². The predicted octanol–water partition coefficient (Wildman–Crippen LogP) is 3.09. The third kappa shape index (κ3) is 4.39. The highest BCUT2D eigenvalue weighted by molar-refractivity contribution is 8.00. The molecule has 0 bridgehead atoms. The summed E-state index contributed by atoms with van der Waals surface area (Å²) in [6.07, 6.45) is 1.92. The number of carbonyl (C=O) groups excluding carboxylic acids is 1. The highest BCUT2D eigenvalue weighted by Crippen LogP contribution is 2.25. The molecule has 1 amide bonds. The van der Waals surface area contributed by atoms with Crippen LogP contribution in [0, 0.1) is 6.92 Å². The van der Waals surface area contributed by atoms with Crippen LogP contribution in [-0.4, -0.2) is 42.9 Å². The highest BCUT2D eigenvalue weighted by Gasteiger charge is 2.14. The number of benzene rings is 1. The van der Waals surface area contributed by atoms with E-state index in [0.29, 0.717) is 10.3 Å². The van der Waals surface area contributed by atoms with Gasteiger partial charge in [0.2, 0.25) is 11.0 Å². The van der Waals surface area contributed by atoms with E-state index in [4.69, 9.17) is 0 Å². The van der Waals surface area contributed by atoms with Crippen molar-refractivity contribution in [2.45, 2.75) is 16.4 Å². The third-order valence-corrected chi connectivity index (χ3v) is 6.11. The number of nitrogens with zero attached hydrogens (tertiary/aromatic N) is 5. The second kappa shape index (κ2) is 7.98. The normalized spacial score (nSPS) is 10.8. The summed E-state index contributed by atoms with van der Waals surface area (Å²) in [6.45, 7) is 2.04. The number of thioether (sulfide) groups is 2. The minimum atomic E-state index is -0.145. The molecular weight excluding hydrogens is 376 g/mol. The minimum absolute atomic E-state index is 0.145. The average molecular weight is 393 g/mol. The Balaban J connectivity index is 1.63. The maximum Gasteiger partial charge on any atom is 0.236 e. The molecule has 0 unspecified atom stereocenters. The SMILES string of the molecule is CSc1nnc(NC(=O)CSc2nnc(-c3cccc(C)c3)n2C)s1. The fourth-order valence-electron chi connectivity index (χ4n) is 2.10. The van der Waals surface area contributed by atoms with Crippen molar-refractivity contribution in [1.29, 1.82) is 0 Å². The molecule has 0 aliphatic carbocycles. The monoisotopic (exact) mass is 392 g/mol. The molecule has 0 atom stereocenters. The zero-order valence-electron chi connectivity index (χ0n) is 13.9. The number of amides is 1. The number of rotatable bonds is 6. The van der Waals surface area contributed by atoms with Gasteiger partial charge in [0.1, 0.15) is 0 Å². The second-order valence-electron chi connectivity index (χ2n) is 5.15. The van der Waals surface area contributed by atoms with Crippen molar-refractivity contribution in [2.24, 2.45) is 7.05 Å². The van der Waals surface area contributed by atoms with Gasteiger partial charge in [0, 0.05) is 12.6 Å². The van der Waals surface area contributed by atoms with Crippen LogP contribution in [0.15, 0.2) is 33.8 Å². The Hall–Kier alpha value is -1.91. The lowest BCUT2D eigenvalue weighted by Gasteiger charge is -2.04. The molecule has 0 saturated heterocycles. The van der Waals surface area contributed by atoms with Gasteiger partial charge in [-0.25, -0.2) is 0 Å². The van der Waals surface area contributed by atoms with Crippen molar-refractivity contribution in [3.8, 4) is 11.4 Å². The van der Waals surface area contributed by atoms with Crippen LogP contribution in [0.5, 0.6) is 0 Å². The van der Waals surface area contributed by atoms with Crippen LogP contribution >= 0.6 is 34.9 Å². The van der Waals surface area contributed by atoms with Crippen molar-refractivity contribution in [1.82, 2.24) is 25.0 Å². The first-order valence-corrected chi connectivity index (χ1v) is 10.4. The standard InChI is InChI=1S/C15H16N6OS3/c1-9-5-4-6-10(7-9)12-17-19-14(21(12)2)24-8-11(22)16-13-18-20-15(23-3)25-13/h4-7H,8H2,1-3H3,(H,16,18,22). The number of aromatic nitrogens is 5. The summed E-state index contributed by atoms with van der Waals surface area (Å²) in [5.41, 5.74) is 2.17. The average Bonchev–Trinajstić information content (AvgIpc) is 3.19. The van der Waals surface area contributed by atoms with Crippen LogP contribution in [0.25, 0.3) is 11.4 Å². The molecule has 0 fully saturated rings. The number of nitrogens with one attached hydrogen (secondary N) is 1. The number of carbonyl (C=O) groups is 1. The van der Waals surface area contributed by atoms with Gasteiger partial charge in [-0.05, 0) is 19.2 Å². The van der Waals surface area contributed by atoms with Crippen LogP contribution < -0.4 is 5.32 Å². The lowest BCUT2D eigenvalue weighted by molar-refractivity contribution is -0.113. The summed E-state index contributed by atoms with van der Waals surface area (Å²) in [5, 5.41) is 20.2. The molecule has 25 heavy (non-hydrogen) atoms. The predicted molar refractivity (Wildman–Crippen MR) is 102 cm³/mol. The molecule has 2 aromatic heterocycles. The summed E-state index contributed by atoms with van der Waals surface area (Å²) < 4.78 is 2.71. The highest BCUT2D eigenvalue weighted by atomic mass is 32.2. The molecule has 2 heterocycles. The molecule has 0 aliphatic heterocycles. The number of hydrogen-bond donors (Lipinski definition) is 1. The summed E-state index contributed by atoms with van der Waals surface area (Å²) >= 11 is 4.19. The summed E-state index contributed by atoms with van der Waals surface area (Å²) in [7, 11) is 1.90. The minimum Gasteiger partial charge on any atom is -0.305 e. The fraction of sp³-hybridized carbons (Fsp3) is 0.267. The van der Waals surface area contributed by atoms with E-state index in [1.807, 2.05) is 43.0 Å². The molecule has 1 aromatic carbocycles. The van der Waals surface area contributed by atoms with Crippen LogP contribution in [0.3, 0.4) is 0 Å². The Kier molecular flexibility index (Phi) is 5.71. The Morgan fingerprint density at radius 2 is 2.12 bits per heavy atom. The molecule has 0 radical (unpaired) electrons. The Morgan fingerprint density at radius 3 is 2.84 bits per heavy atom. The van der Waals surface area contributed by atoms with Gasteiger partial charge in [-0.3, -0.25) is 10.1 Å². The smallest absolute Gasteiger partial charge is 0.236 e. The molecule has 130 valence electrons. The maximum atomic E-state index is 12.1. The Morgan fingerprint density at radius 1 is 1.28 bits per heavy atom. The van der Waals surface area contributed by atoms with Gasteiger partial charge in [-0.1, -0.05) is 58.6 Å². The Bertz CT molecular complexity index is 891. The molecule has 0 aliphatic rings. The van der Waals surface area contributed by atoms with Crippen molar-refractivity contribution in [2.75, 3.05) is 17.3 Å². The molecule has 10 heteroatoms. The first-order chi connectivity index (χ1) is 12.1. The third-order valence-electron chi connectivity index (χ3n) is 3.27. The van der Waals surface area contributed by atoms with Gasteiger partial charge in [-0.2, -0.15) is 0 Å². The number of anilines is 1. The number of aryl methyl sites for hydroxylation is 1. The van der Waals surface area contributed by atoms with E-state index in [-0.39, 0.29) is 11.7 Å². The number of hydrogen-bond acceptors (Lipinski definition) is 8. The van der Waals surface area contributed by atoms with E-state index in [1.165, 1.54) is 34.9 Å². The van der Waals surface area contributed by atoms with Crippen molar-refractivity contribution >= 4 is 45.9 Å². The lowest BCUT2D eigenvalue weighted by atomic mass is 10.1. The molecule has 0 saturated carbocycles. The van der Waals surface area contributed by atoms with Crippen LogP contribution in [0.1, 0.15) is 5.56 Å². The topological polar surface area (TPSA) is 85.6 Å². The zero-order chi connectivity index (χ0) is 17.8. The first kappa shape index (κ1) is 17.9. The van der Waals surface area contributed by atoms with E-state index in [9.17, 15) is 4.79 Å². The van der Waals surface area contributed by atoms with E-state index < -0.39 is 0 Å². The fourth-order valence-corrected chi connectivity index (χ4v) is 4.00. The van der Waals surface area contributed by atoms with E-state index in [0.717, 1.165) is 21.3 Å². The van der Waals surface area contributed by atoms with Gasteiger partial charge >= 0.3 is 0 Å². The summed E-state index contributed by atoms with van der Waals surface area (Å²) in [4.78, 5) is 12.1. The van der Waals surface area contributed by atoms with E-state index >= 15 is 0 Å². The summed E-state index contributed by atoms with van der Waals surface area (Å²) in [5.74, 6) is 0.864. The van der Waals surface area contributed by atoms with Gasteiger partial charge in [0.15, 0.2) is 15.3 Å². The van der Waals surface area contributed by atoms with Crippen molar-refractivity contribution in [3.05, 3.63) is 29.8 Å². The van der Waals surface area contributed by atoms with Crippen LogP contribution in [0.2, 0.25) is 0 Å². The van der Waals surface area contributed by atoms with Crippen LogP contribution in [-0.2, 0) is 11.8 Å². The molecule has 1 N–H and O–H groups in total. The van der Waals surface area contributed by atoms with Crippen molar-refractivity contribution < 1.29 is 4.79 Å². The quantitative estimate of drug-likeness (QED) is 0.509.